The minimum atomic E-state index is -4.04. The monoisotopic (exact) mass is 631 g/mol. The molecule has 0 amide bonds. The van der Waals surface area contributed by atoms with Crippen LogP contribution in [-0.2, 0) is 26.0 Å². The van der Waals surface area contributed by atoms with Crippen molar-refractivity contribution in [2.45, 2.75) is 36.8 Å². The number of methoxy groups -OCH3 is 1. The number of hydrogen-bond acceptors (Lipinski definition) is 9. The van der Waals surface area contributed by atoms with E-state index in [0.717, 1.165) is 10.7 Å². The van der Waals surface area contributed by atoms with Crippen LogP contribution in [-0.4, -0.2) is 65.1 Å². The van der Waals surface area contributed by atoms with Crippen molar-refractivity contribution in [1.29, 1.82) is 5.26 Å². The second kappa shape index (κ2) is 14.4. The fourth-order valence-corrected chi connectivity index (χ4v) is 5.93. The molecule has 0 saturated carbocycles. The summed E-state index contributed by atoms with van der Waals surface area (Å²) in [4.78, 5) is 11.3. The van der Waals surface area contributed by atoms with Crippen molar-refractivity contribution in [3.63, 3.8) is 0 Å². The number of β-amino-alcohol motifs (C(OH)–C–C–N with tert-alkyl or cyclic N) is 1. The summed E-state index contributed by atoms with van der Waals surface area (Å²) in [6, 6.07) is 26.8. The van der Waals surface area contributed by atoms with Crippen molar-refractivity contribution in [3.05, 3.63) is 96.1 Å². The molecule has 0 unspecified atom stereocenters. The first-order chi connectivity index (χ1) is 21.4. The van der Waals surface area contributed by atoms with Gasteiger partial charge in [-0.15, -0.1) is 0 Å². The third kappa shape index (κ3) is 8.73. The minimum absolute atomic E-state index is 0.0645. The van der Waals surface area contributed by atoms with Crippen LogP contribution >= 0.6 is 0 Å². The van der Waals surface area contributed by atoms with E-state index < -0.39 is 22.1 Å². The van der Waals surface area contributed by atoms with Gasteiger partial charge in [0.25, 0.3) is 10.0 Å². The Kier molecular flexibility index (Phi) is 10.7. The van der Waals surface area contributed by atoms with Gasteiger partial charge in [-0.25, -0.2) is 13.2 Å². The van der Waals surface area contributed by atoms with Gasteiger partial charge in [0.15, 0.2) is 6.61 Å². The van der Waals surface area contributed by atoms with E-state index in [1.54, 1.807) is 0 Å². The lowest BCUT2D eigenvalue weighted by atomic mass is 9.93. The molecule has 4 aromatic carbocycles. The van der Waals surface area contributed by atoms with E-state index in [0.29, 0.717) is 0 Å². The molecule has 0 bridgehead atoms. The summed E-state index contributed by atoms with van der Waals surface area (Å²) in [5, 5.41) is 26.2. The number of hydrogen-bond donors (Lipinski definition) is 2. The molecule has 236 valence electrons. The van der Waals surface area contributed by atoms with Crippen LogP contribution in [0.3, 0.4) is 0 Å². The maximum absolute atomic E-state index is 13.3. The summed E-state index contributed by atoms with van der Waals surface area (Å²) in [5.41, 5.74) is 1.23. The standard InChI is InChI=1S/C34H37N3O7S/c1-34(2,19-24-12-13-25-8-5-6-9-26(25)16-24)36-21-29(38)22-44-32-15-14-28(17-27(32)20-35)37(3)45(40,41)31-11-7-10-30(18-31)43-23-33(39)42-4/h5-18,29,36,38H,19,21-23H2,1-4H3/t29-/m1/s1. The summed E-state index contributed by atoms with van der Waals surface area (Å²) >= 11 is 0. The molecular weight excluding hydrogens is 594 g/mol. The van der Waals surface area contributed by atoms with E-state index in [1.165, 1.54) is 73.0 Å². The van der Waals surface area contributed by atoms with Crippen LogP contribution in [0.5, 0.6) is 11.5 Å². The lowest BCUT2D eigenvalue weighted by Gasteiger charge is -2.28. The Labute approximate surface area is 263 Å². The Morgan fingerprint density at radius 2 is 1.76 bits per heavy atom. The average Bonchev–Trinajstić information content (AvgIpc) is 3.04. The third-order valence-electron chi connectivity index (χ3n) is 7.20. The van der Waals surface area contributed by atoms with Gasteiger partial charge in [0.2, 0.25) is 0 Å². The van der Waals surface area contributed by atoms with Crippen molar-refractivity contribution in [3.8, 4) is 17.6 Å². The smallest absolute Gasteiger partial charge is 0.343 e. The lowest BCUT2D eigenvalue weighted by Crippen LogP contribution is -2.46. The maximum atomic E-state index is 13.3. The van der Waals surface area contributed by atoms with Gasteiger partial charge in [0.05, 0.1) is 23.3 Å². The second-order valence-electron chi connectivity index (χ2n) is 11.2. The van der Waals surface area contributed by atoms with Crippen LogP contribution in [0, 0.1) is 11.3 Å². The molecule has 0 heterocycles. The molecule has 0 aliphatic carbocycles. The average molecular weight is 632 g/mol. The number of nitrogens with one attached hydrogen (secondary N) is 1. The van der Waals surface area contributed by atoms with Crippen molar-refractivity contribution < 1.29 is 32.5 Å². The molecule has 11 heteroatoms. The number of carbonyl (C=O) groups excluding carboxylic acids is 1. The van der Waals surface area contributed by atoms with E-state index in [1.807, 2.05) is 18.2 Å². The number of nitrogens with zero attached hydrogens (tertiary/aromatic N) is 2. The molecule has 0 aliphatic heterocycles. The number of carbonyl (C=O) groups is 1. The van der Waals surface area contributed by atoms with E-state index in [-0.39, 0.29) is 52.9 Å². The zero-order valence-electron chi connectivity index (χ0n) is 25.7. The molecule has 4 rings (SSSR count). The van der Waals surface area contributed by atoms with Crippen molar-refractivity contribution in [2.24, 2.45) is 0 Å². The third-order valence-corrected chi connectivity index (χ3v) is 8.98. The number of benzene rings is 4. The van der Waals surface area contributed by atoms with Gasteiger partial charge in [0.1, 0.15) is 30.3 Å². The van der Waals surface area contributed by atoms with Gasteiger partial charge >= 0.3 is 5.97 Å². The maximum Gasteiger partial charge on any atom is 0.343 e. The number of esters is 1. The Hall–Kier alpha value is -4.63. The van der Waals surface area contributed by atoms with Gasteiger partial charge in [-0.2, -0.15) is 5.26 Å². The Morgan fingerprint density at radius 3 is 2.49 bits per heavy atom. The summed E-state index contributed by atoms with van der Waals surface area (Å²) in [5.74, 6) is -0.197. The molecule has 0 aromatic heterocycles. The number of ether oxygens (including phenoxy) is 3. The predicted octanol–water partition coefficient (Wildman–Crippen LogP) is 4.44. The Bertz CT molecular complexity index is 1800. The number of aliphatic hydroxyl groups is 1. The van der Waals surface area contributed by atoms with E-state index >= 15 is 0 Å². The molecule has 0 radical (unpaired) electrons. The summed E-state index contributed by atoms with van der Waals surface area (Å²) < 4.78 is 43.3. The van der Waals surface area contributed by atoms with E-state index in [9.17, 15) is 23.6 Å². The quantitative estimate of drug-likeness (QED) is 0.194. The Balaban J connectivity index is 1.35. The summed E-state index contributed by atoms with van der Waals surface area (Å²) in [7, 11) is -1.45. The highest BCUT2D eigenvalue weighted by Gasteiger charge is 2.24. The highest BCUT2D eigenvalue weighted by atomic mass is 32.2. The van der Waals surface area contributed by atoms with Gasteiger partial charge in [0, 0.05) is 25.2 Å². The molecule has 1 atom stereocenters. The number of rotatable bonds is 14. The van der Waals surface area contributed by atoms with Crippen molar-refractivity contribution >= 4 is 32.5 Å². The SMILES string of the molecule is COC(=O)COc1cccc(S(=O)(=O)N(C)c2ccc(OC[C@H](O)CNC(C)(C)Cc3ccc4ccccc4c3)c(C#N)c2)c1. The fourth-order valence-electron chi connectivity index (χ4n) is 4.71. The zero-order valence-corrected chi connectivity index (χ0v) is 26.5. The number of nitriles is 1. The molecule has 0 fully saturated rings. The highest BCUT2D eigenvalue weighted by molar-refractivity contribution is 7.92. The first-order valence-corrected chi connectivity index (χ1v) is 15.7. The zero-order chi connectivity index (χ0) is 32.6. The predicted molar refractivity (Wildman–Crippen MR) is 172 cm³/mol. The van der Waals surface area contributed by atoms with Crippen molar-refractivity contribution in [1.82, 2.24) is 5.32 Å². The largest absolute Gasteiger partial charge is 0.489 e. The second-order valence-corrected chi connectivity index (χ2v) is 13.2. The minimum Gasteiger partial charge on any atom is -0.489 e. The van der Waals surface area contributed by atoms with Crippen molar-refractivity contribution in [2.75, 3.05) is 38.2 Å². The van der Waals surface area contributed by atoms with Crippen LogP contribution in [0.1, 0.15) is 25.0 Å². The number of anilines is 1. The van der Waals surface area contributed by atoms with Gasteiger partial charge in [-0.05, 0) is 66.9 Å². The lowest BCUT2D eigenvalue weighted by molar-refractivity contribution is -0.142. The Morgan fingerprint density at radius 1 is 1.00 bits per heavy atom. The van der Waals surface area contributed by atoms with E-state index in [2.05, 4.69) is 54.2 Å². The van der Waals surface area contributed by atoms with Crippen LogP contribution in [0.4, 0.5) is 5.69 Å². The highest BCUT2D eigenvalue weighted by Crippen LogP contribution is 2.29. The van der Waals surface area contributed by atoms with E-state index in [4.69, 9.17) is 9.47 Å². The van der Waals surface area contributed by atoms with Crippen LogP contribution in [0.25, 0.3) is 10.8 Å². The summed E-state index contributed by atoms with van der Waals surface area (Å²) in [6.07, 6.45) is -0.101. The molecule has 10 nitrogen and oxygen atoms in total. The molecule has 2 N–H and O–H groups in total. The van der Waals surface area contributed by atoms with Gasteiger partial charge in [-0.3, -0.25) is 4.31 Å². The molecule has 0 spiro atoms. The molecular formula is C34H37N3O7S. The van der Waals surface area contributed by atoms with Crippen LogP contribution < -0.4 is 19.1 Å². The first kappa shape index (κ1) is 33.3. The molecule has 4 aromatic rings. The molecule has 0 saturated heterocycles. The van der Waals surface area contributed by atoms with Gasteiger partial charge in [-0.1, -0.05) is 48.5 Å². The van der Waals surface area contributed by atoms with Crippen LogP contribution in [0.2, 0.25) is 0 Å². The van der Waals surface area contributed by atoms with Crippen LogP contribution in [0.15, 0.2) is 89.8 Å². The number of fused-ring (bicyclic) bond motifs is 1. The number of aliphatic hydroxyl groups excluding tert-OH is 1. The molecule has 45 heavy (non-hydrogen) atoms. The summed E-state index contributed by atoms with van der Waals surface area (Å²) in [6.45, 7) is 3.97. The van der Waals surface area contributed by atoms with Gasteiger partial charge < -0.3 is 24.6 Å². The fraction of sp³-hybridized carbons (Fsp3) is 0.294. The molecule has 0 aliphatic rings. The normalized spacial score (nSPS) is 12.3. The first-order valence-electron chi connectivity index (χ1n) is 14.3. The number of sulfonamides is 1. The topological polar surface area (TPSA) is 138 Å².